The number of hydrogen-bond donors (Lipinski definition) is 3. The summed E-state index contributed by atoms with van der Waals surface area (Å²) in [7, 11) is 0. The molecule has 2 rings (SSSR count). The third-order valence-electron chi connectivity index (χ3n) is 4.28. The Balaban J connectivity index is 1.57. The van der Waals surface area contributed by atoms with Gasteiger partial charge in [-0.05, 0) is 45.2 Å². The van der Waals surface area contributed by atoms with Crippen LogP contribution in [0.15, 0.2) is 0 Å². The zero-order chi connectivity index (χ0) is 14.4. The molecule has 2 amide bonds. The number of carbonyl (C=O) groups is 2. The second-order valence-electron chi connectivity index (χ2n) is 5.85. The number of urea groups is 1. The number of nitrogens with one attached hydrogen (secondary N) is 2. The number of hydrogen-bond acceptors (Lipinski definition) is 3. The van der Waals surface area contributed by atoms with E-state index < -0.39 is 5.97 Å². The highest BCUT2D eigenvalue weighted by atomic mass is 16.4. The molecule has 6 heteroatoms. The monoisotopic (exact) mass is 283 g/mol. The molecule has 0 bridgehead atoms. The molecule has 114 valence electrons. The molecule has 0 aromatic rings. The molecule has 20 heavy (non-hydrogen) atoms. The maximum atomic E-state index is 11.7. The zero-order valence-corrected chi connectivity index (χ0v) is 11.9. The van der Waals surface area contributed by atoms with E-state index in [0.29, 0.717) is 19.4 Å². The van der Waals surface area contributed by atoms with Crippen molar-refractivity contribution in [3.8, 4) is 0 Å². The second-order valence-corrected chi connectivity index (χ2v) is 5.85. The van der Waals surface area contributed by atoms with Gasteiger partial charge in [0.1, 0.15) is 0 Å². The van der Waals surface area contributed by atoms with Gasteiger partial charge in [0, 0.05) is 19.1 Å². The van der Waals surface area contributed by atoms with Crippen molar-refractivity contribution in [2.75, 3.05) is 26.2 Å². The fraction of sp³-hybridized carbons (Fsp3) is 0.857. The minimum Gasteiger partial charge on any atom is -0.481 e. The highest BCUT2D eigenvalue weighted by molar-refractivity contribution is 5.75. The number of aliphatic carboxylic acids is 1. The molecule has 1 aliphatic heterocycles. The summed E-state index contributed by atoms with van der Waals surface area (Å²) in [4.78, 5) is 25.0. The van der Waals surface area contributed by atoms with E-state index in [2.05, 4.69) is 15.5 Å². The van der Waals surface area contributed by atoms with Gasteiger partial charge in [-0.3, -0.25) is 4.79 Å². The Kier molecular flexibility index (Phi) is 5.64. The third kappa shape index (κ3) is 4.67. The van der Waals surface area contributed by atoms with Gasteiger partial charge in [0.25, 0.3) is 0 Å². The molecule has 0 radical (unpaired) electrons. The van der Waals surface area contributed by atoms with Crippen LogP contribution in [-0.4, -0.2) is 54.2 Å². The maximum Gasteiger partial charge on any atom is 0.315 e. The molecular formula is C14H25N3O3. The van der Waals surface area contributed by atoms with Crippen molar-refractivity contribution in [3.63, 3.8) is 0 Å². The molecule has 1 saturated heterocycles. The lowest BCUT2D eigenvalue weighted by Gasteiger charge is -2.26. The van der Waals surface area contributed by atoms with Gasteiger partial charge < -0.3 is 20.6 Å². The molecule has 3 N–H and O–H groups in total. The molecule has 0 spiro atoms. The van der Waals surface area contributed by atoms with E-state index in [-0.39, 0.29) is 18.0 Å². The van der Waals surface area contributed by atoms with Crippen molar-refractivity contribution in [2.24, 2.45) is 5.92 Å². The van der Waals surface area contributed by atoms with Gasteiger partial charge in [0.05, 0.1) is 5.92 Å². The predicted molar refractivity (Wildman–Crippen MR) is 75.6 cm³/mol. The average Bonchev–Trinajstić information content (AvgIpc) is 2.88. The molecule has 0 aromatic carbocycles. The molecule has 0 aromatic heterocycles. The van der Waals surface area contributed by atoms with Crippen LogP contribution in [0.4, 0.5) is 4.79 Å². The first-order valence-electron chi connectivity index (χ1n) is 7.64. The summed E-state index contributed by atoms with van der Waals surface area (Å²) in [6, 6.07) is -0.163. The highest BCUT2D eigenvalue weighted by Gasteiger charge is 2.30. The lowest BCUT2D eigenvalue weighted by molar-refractivity contribution is -0.141. The van der Waals surface area contributed by atoms with Crippen LogP contribution in [0.25, 0.3) is 0 Å². The summed E-state index contributed by atoms with van der Waals surface area (Å²) in [5.74, 6) is -1.05. The number of likely N-dealkylation sites (tertiary alicyclic amines) is 1. The minimum atomic E-state index is -0.750. The second kappa shape index (κ2) is 7.47. The molecule has 2 fully saturated rings. The number of carboxylic acid groups (broad SMARTS) is 1. The van der Waals surface area contributed by atoms with E-state index in [4.69, 9.17) is 5.11 Å². The van der Waals surface area contributed by atoms with Gasteiger partial charge in [0.15, 0.2) is 0 Å². The number of piperidine rings is 1. The molecule has 6 nitrogen and oxygen atoms in total. The van der Waals surface area contributed by atoms with Crippen LogP contribution in [0.5, 0.6) is 0 Å². The molecule has 2 atom stereocenters. The van der Waals surface area contributed by atoms with E-state index in [1.165, 1.54) is 19.3 Å². The Hall–Kier alpha value is -1.30. The van der Waals surface area contributed by atoms with Crippen molar-refractivity contribution >= 4 is 12.0 Å². The van der Waals surface area contributed by atoms with Crippen molar-refractivity contribution in [3.05, 3.63) is 0 Å². The normalized spacial score (nSPS) is 27.2. The Bertz CT molecular complexity index is 343. The number of nitrogens with zero attached hydrogens (tertiary/aromatic N) is 1. The van der Waals surface area contributed by atoms with Gasteiger partial charge in [-0.15, -0.1) is 0 Å². The first kappa shape index (κ1) is 15.1. The van der Waals surface area contributed by atoms with Crippen molar-refractivity contribution in [2.45, 2.75) is 44.6 Å². The van der Waals surface area contributed by atoms with Gasteiger partial charge >= 0.3 is 12.0 Å². The summed E-state index contributed by atoms with van der Waals surface area (Å²) >= 11 is 0. The Morgan fingerprint density at radius 2 is 1.90 bits per heavy atom. The van der Waals surface area contributed by atoms with Crippen LogP contribution in [0.2, 0.25) is 0 Å². The first-order valence-corrected chi connectivity index (χ1v) is 7.64. The summed E-state index contributed by atoms with van der Waals surface area (Å²) in [5, 5.41) is 14.6. The third-order valence-corrected chi connectivity index (χ3v) is 4.28. The predicted octanol–water partition coefficient (Wildman–Crippen LogP) is 1.02. The standard InChI is InChI=1S/C14H25N3O3/c18-13(19)11-4-5-12(10-11)16-14(20)15-6-9-17-7-2-1-3-8-17/h11-12H,1-10H2,(H,18,19)(H2,15,16,20). The van der Waals surface area contributed by atoms with Crippen LogP contribution in [0, 0.1) is 5.92 Å². The van der Waals surface area contributed by atoms with Gasteiger partial charge in [0.2, 0.25) is 0 Å². The Morgan fingerprint density at radius 3 is 2.55 bits per heavy atom. The highest BCUT2D eigenvalue weighted by Crippen LogP contribution is 2.25. The van der Waals surface area contributed by atoms with Gasteiger partial charge in [-0.2, -0.15) is 0 Å². The Morgan fingerprint density at radius 1 is 1.15 bits per heavy atom. The molecule has 1 aliphatic carbocycles. The van der Waals surface area contributed by atoms with Gasteiger partial charge in [-0.25, -0.2) is 4.79 Å². The number of carboxylic acids is 1. The van der Waals surface area contributed by atoms with E-state index in [0.717, 1.165) is 26.1 Å². The quantitative estimate of drug-likeness (QED) is 0.704. The molecule has 1 saturated carbocycles. The number of rotatable bonds is 5. The average molecular weight is 283 g/mol. The Labute approximate surface area is 119 Å². The molecule has 1 heterocycles. The van der Waals surface area contributed by atoms with E-state index in [9.17, 15) is 9.59 Å². The minimum absolute atomic E-state index is 0.00564. The van der Waals surface area contributed by atoms with E-state index in [1.807, 2.05) is 0 Å². The molecule has 2 aliphatic rings. The first-order chi connectivity index (χ1) is 9.65. The van der Waals surface area contributed by atoms with Crippen LogP contribution < -0.4 is 10.6 Å². The van der Waals surface area contributed by atoms with Crippen molar-refractivity contribution in [1.82, 2.24) is 15.5 Å². The maximum absolute atomic E-state index is 11.7. The topological polar surface area (TPSA) is 81.7 Å². The van der Waals surface area contributed by atoms with Crippen LogP contribution in [0.1, 0.15) is 38.5 Å². The van der Waals surface area contributed by atoms with Crippen LogP contribution >= 0.6 is 0 Å². The summed E-state index contributed by atoms with van der Waals surface area (Å²) in [6.07, 6.45) is 5.80. The fourth-order valence-electron chi connectivity index (χ4n) is 3.08. The molecule has 2 unspecified atom stereocenters. The molecular weight excluding hydrogens is 258 g/mol. The SMILES string of the molecule is O=C(NCCN1CCCCC1)NC1CCC(C(=O)O)C1. The van der Waals surface area contributed by atoms with E-state index in [1.54, 1.807) is 0 Å². The summed E-state index contributed by atoms with van der Waals surface area (Å²) in [6.45, 7) is 3.81. The zero-order valence-electron chi connectivity index (χ0n) is 11.9. The smallest absolute Gasteiger partial charge is 0.315 e. The fourth-order valence-corrected chi connectivity index (χ4v) is 3.08. The van der Waals surface area contributed by atoms with Crippen LogP contribution in [0.3, 0.4) is 0 Å². The van der Waals surface area contributed by atoms with Crippen LogP contribution in [-0.2, 0) is 4.79 Å². The number of carbonyl (C=O) groups excluding carboxylic acids is 1. The summed E-state index contributed by atoms with van der Waals surface area (Å²) in [5.41, 5.74) is 0. The van der Waals surface area contributed by atoms with Crippen molar-refractivity contribution < 1.29 is 14.7 Å². The largest absolute Gasteiger partial charge is 0.481 e. The number of amides is 2. The van der Waals surface area contributed by atoms with Crippen molar-refractivity contribution in [1.29, 1.82) is 0 Å². The summed E-state index contributed by atoms with van der Waals surface area (Å²) < 4.78 is 0. The lowest BCUT2D eigenvalue weighted by Crippen LogP contribution is -2.44. The van der Waals surface area contributed by atoms with E-state index >= 15 is 0 Å². The lowest BCUT2D eigenvalue weighted by atomic mass is 10.1. The van der Waals surface area contributed by atoms with Gasteiger partial charge in [-0.1, -0.05) is 6.42 Å².